The highest BCUT2D eigenvalue weighted by molar-refractivity contribution is 6.46. The number of anilines is 2. The van der Waals surface area contributed by atoms with Gasteiger partial charge in [-0.2, -0.15) is 0 Å². The molecule has 33 heavy (non-hydrogen) atoms. The van der Waals surface area contributed by atoms with Gasteiger partial charge in [-0.1, -0.05) is 29.8 Å². The molecule has 0 unspecified atom stereocenters. The fraction of sp³-hybridized carbons (Fsp3) is 0.120. The molecule has 0 aliphatic carbocycles. The normalized spacial score (nSPS) is 15.3. The molecule has 0 saturated heterocycles. The zero-order valence-electron chi connectivity index (χ0n) is 17.5. The molecule has 166 valence electrons. The van der Waals surface area contributed by atoms with Gasteiger partial charge in [0, 0.05) is 17.8 Å². The number of halogens is 2. The lowest BCUT2D eigenvalue weighted by Crippen LogP contribution is -2.33. The van der Waals surface area contributed by atoms with Crippen LogP contribution in [0.15, 0.2) is 66.4 Å². The number of carbonyl (C=O) groups excluding carboxylic acids is 2. The number of aryl methyl sites for hydroxylation is 1. The summed E-state index contributed by atoms with van der Waals surface area (Å²) in [5.74, 6) is -2.21. The number of hydrogen-bond donors (Lipinski definition) is 1. The molecule has 2 amide bonds. The average Bonchev–Trinajstić information content (AvgIpc) is 3.04. The van der Waals surface area contributed by atoms with E-state index in [-0.39, 0.29) is 17.0 Å². The zero-order chi connectivity index (χ0) is 23.1. The molecule has 0 aromatic heterocycles. The first-order valence-corrected chi connectivity index (χ1v) is 10.2. The van der Waals surface area contributed by atoms with E-state index in [0.717, 1.165) is 17.7 Å². The molecule has 2 aliphatic rings. The highest BCUT2D eigenvalue weighted by Crippen LogP contribution is 2.37. The summed E-state index contributed by atoms with van der Waals surface area (Å²) >= 11 is 0. The Kier molecular flexibility index (Phi) is 5.05. The van der Waals surface area contributed by atoms with Gasteiger partial charge in [-0.3, -0.25) is 9.59 Å². The number of carbonyl (C=O) groups is 2. The van der Waals surface area contributed by atoms with Crippen LogP contribution in [-0.4, -0.2) is 25.0 Å². The van der Waals surface area contributed by atoms with E-state index in [1.165, 1.54) is 0 Å². The lowest BCUT2D eigenvalue weighted by atomic mass is 10.0. The van der Waals surface area contributed by atoms with Gasteiger partial charge in [0.2, 0.25) is 0 Å². The lowest BCUT2D eigenvalue weighted by Gasteiger charge is -2.19. The molecule has 0 radical (unpaired) electrons. The van der Waals surface area contributed by atoms with Crippen LogP contribution in [0, 0.1) is 18.6 Å². The van der Waals surface area contributed by atoms with Crippen molar-refractivity contribution >= 4 is 28.8 Å². The van der Waals surface area contributed by atoms with E-state index in [9.17, 15) is 18.4 Å². The summed E-state index contributed by atoms with van der Waals surface area (Å²) in [7, 11) is 0. The summed E-state index contributed by atoms with van der Waals surface area (Å²) in [6.07, 6.45) is 0. The molecule has 6 nitrogen and oxygen atoms in total. The van der Waals surface area contributed by atoms with Crippen LogP contribution in [0.1, 0.15) is 11.1 Å². The fourth-order valence-corrected chi connectivity index (χ4v) is 3.78. The van der Waals surface area contributed by atoms with Gasteiger partial charge in [0.1, 0.15) is 30.5 Å². The highest BCUT2D eigenvalue weighted by atomic mass is 19.1. The molecule has 2 heterocycles. The van der Waals surface area contributed by atoms with Crippen LogP contribution >= 0.6 is 0 Å². The Hall–Kier alpha value is -4.20. The van der Waals surface area contributed by atoms with E-state index >= 15 is 0 Å². The fourth-order valence-electron chi connectivity index (χ4n) is 3.78. The molecule has 1 N–H and O–H groups in total. The van der Waals surface area contributed by atoms with Crippen molar-refractivity contribution in [3.05, 3.63) is 89.1 Å². The molecule has 0 spiro atoms. The molecular formula is C25H18F2N2O4. The third kappa shape index (κ3) is 3.69. The number of fused-ring (bicyclic) bond motifs is 1. The highest BCUT2D eigenvalue weighted by Gasteiger charge is 2.41. The first-order chi connectivity index (χ1) is 15.9. The maximum absolute atomic E-state index is 14.5. The minimum Gasteiger partial charge on any atom is -0.486 e. The quantitative estimate of drug-likeness (QED) is 0.598. The monoisotopic (exact) mass is 448 g/mol. The van der Waals surface area contributed by atoms with Crippen molar-refractivity contribution in [2.24, 2.45) is 0 Å². The van der Waals surface area contributed by atoms with Crippen LogP contribution in [0.2, 0.25) is 0 Å². The van der Waals surface area contributed by atoms with Gasteiger partial charge in [0.15, 0.2) is 11.5 Å². The molecule has 0 atom stereocenters. The van der Waals surface area contributed by atoms with E-state index in [4.69, 9.17) is 9.47 Å². The second kappa shape index (κ2) is 8.05. The number of ether oxygens (including phenoxy) is 2. The number of rotatable bonds is 4. The van der Waals surface area contributed by atoms with Crippen molar-refractivity contribution in [1.29, 1.82) is 0 Å². The maximum Gasteiger partial charge on any atom is 0.282 e. The van der Waals surface area contributed by atoms with Gasteiger partial charge in [-0.25, -0.2) is 13.7 Å². The number of amides is 2. The van der Waals surface area contributed by atoms with Crippen molar-refractivity contribution in [2.75, 3.05) is 23.4 Å². The summed E-state index contributed by atoms with van der Waals surface area (Å²) < 4.78 is 39.1. The second-order valence-electron chi connectivity index (χ2n) is 7.64. The van der Waals surface area contributed by atoms with Gasteiger partial charge in [0.25, 0.3) is 11.8 Å². The molecule has 5 rings (SSSR count). The SMILES string of the molecule is Cc1ccc(C2=C(Nc3ccc4c(c3)OCCO4)C(=O)N(c3ccc(F)cc3F)C2=O)cc1. The summed E-state index contributed by atoms with van der Waals surface area (Å²) in [6, 6.07) is 14.8. The van der Waals surface area contributed by atoms with E-state index in [1.807, 2.05) is 19.1 Å². The third-order valence-electron chi connectivity index (χ3n) is 5.39. The van der Waals surface area contributed by atoms with E-state index in [0.29, 0.717) is 46.9 Å². The largest absolute Gasteiger partial charge is 0.486 e. The summed E-state index contributed by atoms with van der Waals surface area (Å²) in [5, 5.41) is 3.00. The number of nitrogens with zero attached hydrogens (tertiary/aromatic N) is 1. The maximum atomic E-state index is 14.5. The van der Waals surface area contributed by atoms with Crippen LogP contribution in [-0.2, 0) is 9.59 Å². The molecule has 0 bridgehead atoms. The van der Waals surface area contributed by atoms with E-state index in [1.54, 1.807) is 30.3 Å². The van der Waals surface area contributed by atoms with Gasteiger partial charge < -0.3 is 14.8 Å². The molecule has 3 aromatic rings. The van der Waals surface area contributed by atoms with E-state index in [2.05, 4.69) is 5.32 Å². The Morgan fingerprint density at radius 2 is 1.58 bits per heavy atom. The lowest BCUT2D eigenvalue weighted by molar-refractivity contribution is -0.120. The Balaban J connectivity index is 1.59. The Bertz CT molecular complexity index is 1320. The Morgan fingerprint density at radius 1 is 0.848 bits per heavy atom. The number of nitrogens with one attached hydrogen (secondary N) is 1. The number of hydrogen-bond acceptors (Lipinski definition) is 5. The Morgan fingerprint density at radius 3 is 2.30 bits per heavy atom. The summed E-state index contributed by atoms with van der Waals surface area (Å²) in [6.45, 7) is 2.73. The minimum absolute atomic E-state index is 0.0238. The zero-order valence-corrected chi connectivity index (χ0v) is 17.5. The van der Waals surface area contributed by atoms with Crippen molar-refractivity contribution < 1.29 is 27.8 Å². The van der Waals surface area contributed by atoms with Gasteiger partial charge in [0.05, 0.1) is 11.3 Å². The summed E-state index contributed by atoms with van der Waals surface area (Å²) in [5.41, 5.74) is 1.68. The van der Waals surface area contributed by atoms with Crippen molar-refractivity contribution in [1.82, 2.24) is 0 Å². The number of benzene rings is 3. The number of imide groups is 1. The van der Waals surface area contributed by atoms with Crippen LogP contribution in [0.4, 0.5) is 20.2 Å². The van der Waals surface area contributed by atoms with Crippen LogP contribution in [0.3, 0.4) is 0 Å². The Labute approximate surface area is 188 Å². The molecule has 3 aromatic carbocycles. The molecular weight excluding hydrogens is 430 g/mol. The van der Waals surface area contributed by atoms with Gasteiger partial charge in [-0.05, 0) is 36.8 Å². The topological polar surface area (TPSA) is 67.9 Å². The van der Waals surface area contributed by atoms with Crippen LogP contribution in [0.5, 0.6) is 11.5 Å². The van der Waals surface area contributed by atoms with Crippen LogP contribution < -0.4 is 19.7 Å². The summed E-state index contributed by atoms with van der Waals surface area (Å²) in [4.78, 5) is 27.5. The predicted molar refractivity (Wildman–Crippen MR) is 118 cm³/mol. The smallest absolute Gasteiger partial charge is 0.282 e. The first-order valence-electron chi connectivity index (χ1n) is 10.2. The molecule has 2 aliphatic heterocycles. The van der Waals surface area contributed by atoms with Gasteiger partial charge >= 0.3 is 0 Å². The second-order valence-corrected chi connectivity index (χ2v) is 7.64. The molecule has 0 fully saturated rings. The van der Waals surface area contributed by atoms with Crippen LogP contribution in [0.25, 0.3) is 5.57 Å². The predicted octanol–water partition coefficient (Wildman–Crippen LogP) is 4.44. The standard InChI is InChI=1S/C25H18F2N2O4/c1-14-2-4-15(5-3-14)22-23(28-17-7-9-20-21(13-17)33-11-10-32-20)25(31)29(24(22)30)19-8-6-16(26)12-18(19)27/h2-9,12-13,28H,10-11H2,1H3. The third-order valence-corrected chi connectivity index (χ3v) is 5.39. The average molecular weight is 448 g/mol. The first kappa shape index (κ1) is 20.7. The van der Waals surface area contributed by atoms with E-state index < -0.39 is 23.4 Å². The van der Waals surface area contributed by atoms with Gasteiger partial charge in [-0.15, -0.1) is 0 Å². The van der Waals surface area contributed by atoms with Crippen molar-refractivity contribution in [2.45, 2.75) is 6.92 Å². The molecule has 8 heteroatoms. The van der Waals surface area contributed by atoms with Crippen molar-refractivity contribution in [3.8, 4) is 11.5 Å². The van der Waals surface area contributed by atoms with Crippen molar-refractivity contribution in [3.63, 3.8) is 0 Å². The minimum atomic E-state index is -1.01. The molecule has 0 saturated carbocycles.